The maximum atomic E-state index is 12.3. The van der Waals surface area contributed by atoms with Crippen LogP contribution in [0.15, 0.2) is 41.0 Å². The number of nitrogens with one attached hydrogen (secondary N) is 1. The van der Waals surface area contributed by atoms with E-state index in [1.807, 2.05) is 12.1 Å². The first-order valence-electron chi connectivity index (χ1n) is 6.81. The van der Waals surface area contributed by atoms with Gasteiger partial charge in [0, 0.05) is 11.8 Å². The van der Waals surface area contributed by atoms with E-state index in [1.165, 1.54) is 0 Å². The number of nitrogens with two attached hydrogens (primary N) is 1. The lowest BCUT2D eigenvalue weighted by Crippen LogP contribution is -2.20. The molecular weight excluding hydrogens is 268 g/mol. The molecular formula is C16H16N2O3. The molecule has 0 radical (unpaired) electrons. The molecule has 2 unspecified atom stereocenters. The lowest BCUT2D eigenvalue weighted by Gasteiger charge is -2.11. The zero-order valence-corrected chi connectivity index (χ0v) is 11.6. The standard InChI is InChI=1S/C16H16N2O3/c1-9-4-2-5-12(14(9)15(17)19)18-16(20)11-8-10(11)13-6-3-7-21-13/h2-7,10-11H,8H2,1H3,(H2,17,19)(H,18,20). The smallest absolute Gasteiger partial charge is 0.251 e. The average molecular weight is 284 g/mol. The van der Waals surface area contributed by atoms with Crippen molar-refractivity contribution in [3.63, 3.8) is 0 Å². The van der Waals surface area contributed by atoms with E-state index in [4.69, 9.17) is 10.2 Å². The Morgan fingerprint density at radius 3 is 2.76 bits per heavy atom. The third-order valence-electron chi connectivity index (χ3n) is 3.81. The number of rotatable bonds is 4. The molecule has 5 heteroatoms. The molecule has 21 heavy (non-hydrogen) atoms. The Labute approximate surface area is 122 Å². The predicted molar refractivity (Wildman–Crippen MR) is 77.9 cm³/mol. The van der Waals surface area contributed by atoms with Gasteiger partial charge < -0.3 is 15.5 Å². The molecule has 1 aromatic carbocycles. The minimum atomic E-state index is -0.540. The largest absolute Gasteiger partial charge is 0.469 e. The lowest BCUT2D eigenvalue weighted by atomic mass is 10.1. The molecule has 0 spiro atoms. The Hall–Kier alpha value is -2.56. The number of hydrogen-bond acceptors (Lipinski definition) is 3. The molecule has 0 aliphatic heterocycles. The van der Waals surface area contributed by atoms with Crippen LogP contribution in [-0.2, 0) is 4.79 Å². The maximum Gasteiger partial charge on any atom is 0.251 e. The normalized spacial score (nSPS) is 20.0. The van der Waals surface area contributed by atoms with Crippen LogP contribution in [0.3, 0.4) is 0 Å². The molecule has 1 fully saturated rings. The molecule has 1 saturated carbocycles. The fourth-order valence-electron chi connectivity index (χ4n) is 2.63. The monoisotopic (exact) mass is 284 g/mol. The molecule has 0 saturated heterocycles. The van der Waals surface area contributed by atoms with Crippen molar-refractivity contribution in [2.45, 2.75) is 19.3 Å². The fourth-order valence-corrected chi connectivity index (χ4v) is 2.63. The van der Waals surface area contributed by atoms with E-state index < -0.39 is 5.91 Å². The van der Waals surface area contributed by atoms with Crippen LogP contribution in [-0.4, -0.2) is 11.8 Å². The van der Waals surface area contributed by atoms with Gasteiger partial charge in [-0.05, 0) is 37.1 Å². The number of anilines is 1. The molecule has 1 aliphatic rings. The number of aryl methyl sites for hydroxylation is 1. The Morgan fingerprint density at radius 2 is 2.10 bits per heavy atom. The second-order valence-corrected chi connectivity index (χ2v) is 5.32. The summed E-state index contributed by atoms with van der Waals surface area (Å²) in [5.41, 5.74) is 6.96. The summed E-state index contributed by atoms with van der Waals surface area (Å²) in [6, 6.07) is 8.95. The number of carbonyl (C=O) groups excluding carboxylic acids is 2. The number of carbonyl (C=O) groups is 2. The highest BCUT2D eigenvalue weighted by Gasteiger charge is 2.46. The Kier molecular flexibility index (Phi) is 3.25. The van der Waals surface area contributed by atoms with Crippen molar-refractivity contribution in [3.8, 4) is 0 Å². The van der Waals surface area contributed by atoms with Gasteiger partial charge in [0.05, 0.1) is 17.5 Å². The molecule has 0 bridgehead atoms. The van der Waals surface area contributed by atoms with Gasteiger partial charge in [0.25, 0.3) is 5.91 Å². The highest BCUT2D eigenvalue weighted by Crippen LogP contribution is 2.48. The van der Waals surface area contributed by atoms with Crippen LogP contribution in [0.2, 0.25) is 0 Å². The van der Waals surface area contributed by atoms with E-state index in [2.05, 4.69) is 5.32 Å². The van der Waals surface area contributed by atoms with Gasteiger partial charge in [0.15, 0.2) is 0 Å². The first-order valence-corrected chi connectivity index (χ1v) is 6.81. The Morgan fingerprint density at radius 1 is 1.29 bits per heavy atom. The summed E-state index contributed by atoms with van der Waals surface area (Å²) in [5, 5.41) is 2.81. The summed E-state index contributed by atoms with van der Waals surface area (Å²) < 4.78 is 5.31. The molecule has 3 N–H and O–H groups in total. The summed E-state index contributed by atoms with van der Waals surface area (Å²) in [6.07, 6.45) is 2.37. The number of amides is 2. The van der Waals surface area contributed by atoms with Gasteiger partial charge in [-0.1, -0.05) is 12.1 Å². The van der Waals surface area contributed by atoms with Gasteiger partial charge in [-0.25, -0.2) is 0 Å². The van der Waals surface area contributed by atoms with Gasteiger partial charge in [-0.15, -0.1) is 0 Å². The molecule has 2 aromatic rings. The summed E-state index contributed by atoms with van der Waals surface area (Å²) >= 11 is 0. The second kappa shape index (κ2) is 5.09. The summed E-state index contributed by atoms with van der Waals surface area (Å²) in [5.74, 6) is 0.194. The SMILES string of the molecule is Cc1cccc(NC(=O)C2CC2c2ccco2)c1C(N)=O. The number of furan rings is 1. The molecule has 3 rings (SSSR count). The zero-order chi connectivity index (χ0) is 15.0. The van der Waals surface area contributed by atoms with Gasteiger partial charge in [0.2, 0.25) is 5.91 Å². The van der Waals surface area contributed by atoms with Crippen LogP contribution in [0.5, 0.6) is 0 Å². The lowest BCUT2D eigenvalue weighted by molar-refractivity contribution is -0.117. The number of primary amides is 1. The summed E-state index contributed by atoms with van der Waals surface area (Å²) in [7, 11) is 0. The van der Waals surface area contributed by atoms with Crippen molar-refractivity contribution < 1.29 is 14.0 Å². The van der Waals surface area contributed by atoms with Crippen molar-refractivity contribution in [1.29, 1.82) is 0 Å². The van der Waals surface area contributed by atoms with Gasteiger partial charge >= 0.3 is 0 Å². The molecule has 2 amide bonds. The van der Waals surface area contributed by atoms with Crippen LogP contribution in [0.25, 0.3) is 0 Å². The third-order valence-corrected chi connectivity index (χ3v) is 3.81. The van der Waals surface area contributed by atoms with Gasteiger partial charge in [-0.3, -0.25) is 9.59 Å². The fraction of sp³-hybridized carbons (Fsp3) is 0.250. The molecule has 108 valence electrons. The van der Waals surface area contributed by atoms with E-state index in [-0.39, 0.29) is 17.7 Å². The average Bonchev–Trinajstić information content (AvgIpc) is 3.05. The van der Waals surface area contributed by atoms with Crippen molar-refractivity contribution in [2.24, 2.45) is 11.7 Å². The quantitative estimate of drug-likeness (QED) is 0.904. The summed E-state index contributed by atoms with van der Waals surface area (Å²) in [4.78, 5) is 23.8. The highest BCUT2D eigenvalue weighted by molar-refractivity contribution is 6.05. The summed E-state index contributed by atoms with van der Waals surface area (Å²) in [6.45, 7) is 1.79. The molecule has 1 aromatic heterocycles. The minimum Gasteiger partial charge on any atom is -0.469 e. The Balaban J connectivity index is 1.75. The van der Waals surface area contributed by atoms with E-state index in [9.17, 15) is 9.59 Å². The van der Waals surface area contributed by atoms with Crippen LogP contribution in [0.4, 0.5) is 5.69 Å². The van der Waals surface area contributed by atoms with E-state index in [0.717, 1.165) is 17.7 Å². The number of benzene rings is 1. The van der Waals surface area contributed by atoms with Crippen LogP contribution >= 0.6 is 0 Å². The first kappa shape index (κ1) is 13.4. The van der Waals surface area contributed by atoms with E-state index in [1.54, 1.807) is 31.4 Å². The van der Waals surface area contributed by atoms with E-state index >= 15 is 0 Å². The van der Waals surface area contributed by atoms with Crippen molar-refractivity contribution >= 4 is 17.5 Å². The molecule has 1 aliphatic carbocycles. The van der Waals surface area contributed by atoms with Crippen molar-refractivity contribution in [1.82, 2.24) is 0 Å². The topological polar surface area (TPSA) is 85.3 Å². The van der Waals surface area contributed by atoms with Crippen molar-refractivity contribution in [3.05, 3.63) is 53.5 Å². The van der Waals surface area contributed by atoms with E-state index in [0.29, 0.717) is 11.3 Å². The van der Waals surface area contributed by atoms with Crippen LogP contribution < -0.4 is 11.1 Å². The molecule has 2 atom stereocenters. The zero-order valence-electron chi connectivity index (χ0n) is 11.6. The third kappa shape index (κ3) is 2.54. The van der Waals surface area contributed by atoms with Gasteiger partial charge in [0.1, 0.15) is 5.76 Å². The minimum absolute atomic E-state index is 0.107. The van der Waals surface area contributed by atoms with Gasteiger partial charge in [-0.2, -0.15) is 0 Å². The predicted octanol–water partition coefficient (Wildman–Crippen LogP) is 2.43. The Bertz CT molecular complexity index is 692. The number of hydrogen-bond donors (Lipinski definition) is 2. The maximum absolute atomic E-state index is 12.3. The van der Waals surface area contributed by atoms with Crippen molar-refractivity contribution in [2.75, 3.05) is 5.32 Å². The highest BCUT2D eigenvalue weighted by atomic mass is 16.3. The molecule has 1 heterocycles. The van der Waals surface area contributed by atoms with Crippen LogP contribution in [0.1, 0.15) is 34.0 Å². The molecule has 5 nitrogen and oxygen atoms in total. The first-order chi connectivity index (χ1) is 10.1. The second-order valence-electron chi connectivity index (χ2n) is 5.32. The van der Waals surface area contributed by atoms with Crippen LogP contribution in [0, 0.1) is 12.8 Å².